The Hall–Kier alpha value is -0.783. The standard InChI is InChI=1S/C6H12N2O3Si.CH4O3S/c1-9-12(10-2,11-3)8-5-4-7-6-8;1-5(2,3)4/h4-6H,1-3H3;1H3,(H,2,3,4). The number of hydrogen-bond acceptors (Lipinski definition) is 6. The maximum absolute atomic E-state index is 9.19. The van der Waals surface area contributed by atoms with Crippen LogP contribution in [0.1, 0.15) is 0 Å². The normalized spacial score (nSPS) is 11.8. The topological polar surface area (TPSA) is 99.9 Å². The Balaban J connectivity index is 0.000000437. The Morgan fingerprint density at radius 1 is 1.24 bits per heavy atom. The average molecular weight is 284 g/mol. The molecular formula is C7H16N2O6SSi. The molecule has 1 rings (SSSR count). The van der Waals surface area contributed by atoms with Crippen molar-refractivity contribution in [2.75, 3.05) is 27.6 Å². The van der Waals surface area contributed by atoms with Gasteiger partial charge in [-0.15, -0.1) is 0 Å². The highest BCUT2D eigenvalue weighted by molar-refractivity contribution is 7.85. The fraction of sp³-hybridized carbons (Fsp3) is 0.571. The van der Waals surface area contributed by atoms with E-state index in [9.17, 15) is 8.42 Å². The molecule has 0 bridgehead atoms. The van der Waals surface area contributed by atoms with Gasteiger partial charge in [-0.25, -0.2) is 4.98 Å². The minimum absolute atomic E-state index is 0.715. The Labute approximate surface area is 101 Å². The molecule has 1 aromatic rings. The first-order valence-corrected chi connectivity index (χ1v) is 7.87. The van der Waals surface area contributed by atoms with Gasteiger partial charge in [-0.1, -0.05) is 0 Å². The lowest BCUT2D eigenvalue weighted by molar-refractivity contribution is 0.112. The SMILES string of the molecule is CO[Si](OC)(OC)n1ccnc1.CS(=O)(=O)O. The van der Waals surface area contributed by atoms with Gasteiger partial charge >= 0.3 is 8.97 Å². The molecule has 0 aromatic carbocycles. The molecule has 0 spiro atoms. The van der Waals surface area contributed by atoms with Crippen LogP contribution in [-0.2, 0) is 23.4 Å². The van der Waals surface area contributed by atoms with Gasteiger partial charge in [0.2, 0.25) is 0 Å². The predicted molar refractivity (Wildman–Crippen MR) is 61.9 cm³/mol. The fourth-order valence-electron chi connectivity index (χ4n) is 0.987. The molecule has 8 nitrogen and oxygen atoms in total. The maximum Gasteiger partial charge on any atom is 0.637 e. The van der Waals surface area contributed by atoms with E-state index >= 15 is 0 Å². The molecule has 0 radical (unpaired) electrons. The summed E-state index contributed by atoms with van der Waals surface area (Å²) in [4.78, 5) is 3.89. The van der Waals surface area contributed by atoms with Crippen molar-refractivity contribution in [2.24, 2.45) is 0 Å². The van der Waals surface area contributed by atoms with Crippen molar-refractivity contribution in [2.45, 2.75) is 0 Å². The van der Waals surface area contributed by atoms with E-state index in [-0.39, 0.29) is 0 Å². The molecular weight excluding hydrogens is 268 g/mol. The Bertz CT molecular complexity index is 386. The summed E-state index contributed by atoms with van der Waals surface area (Å²) in [6.07, 6.45) is 5.73. The Kier molecular flexibility index (Phi) is 6.52. The molecule has 17 heavy (non-hydrogen) atoms. The summed E-state index contributed by atoms with van der Waals surface area (Å²) in [5, 5.41) is 0. The molecule has 1 N–H and O–H groups in total. The van der Waals surface area contributed by atoms with Crippen molar-refractivity contribution in [3.8, 4) is 0 Å². The van der Waals surface area contributed by atoms with Crippen LogP contribution in [0.15, 0.2) is 18.7 Å². The third kappa shape index (κ3) is 5.91. The van der Waals surface area contributed by atoms with E-state index in [0.29, 0.717) is 6.26 Å². The van der Waals surface area contributed by atoms with E-state index in [0.717, 1.165) is 0 Å². The van der Waals surface area contributed by atoms with Crippen LogP contribution >= 0.6 is 0 Å². The predicted octanol–water partition coefficient (Wildman–Crippen LogP) is -0.390. The zero-order valence-corrected chi connectivity index (χ0v) is 11.8. The lowest BCUT2D eigenvalue weighted by Crippen LogP contribution is -2.50. The smallest absolute Gasteiger partial charge is 0.360 e. The van der Waals surface area contributed by atoms with Gasteiger partial charge in [-0.2, -0.15) is 8.42 Å². The molecule has 0 atom stereocenters. The van der Waals surface area contributed by atoms with Crippen LogP contribution in [0.5, 0.6) is 0 Å². The van der Waals surface area contributed by atoms with E-state index in [1.165, 1.54) is 0 Å². The first kappa shape index (κ1) is 16.2. The van der Waals surface area contributed by atoms with Crippen LogP contribution in [0.3, 0.4) is 0 Å². The summed E-state index contributed by atoms with van der Waals surface area (Å²) < 4.78 is 43.2. The molecule has 100 valence electrons. The fourth-order valence-corrected chi connectivity index (χ4v) is 2.58. The van der Waals surface area contributed by atoms with E-state index < -0.39 is 19.1 Å². The number of nitrogens with zero attached hydrogens (tertiary/aromatic N) is 2. The number of aromatic nitrogens is 2. The van der Waals surface area contributed by atoms with Gasteiger partial charge in [0.15, 0.2) is 0 Å². The molecule has 0 unspecified atom stereocenters. The number of imidazole rings is 1. The van der Waals surface area contributed by atoms with Crippen molar-refractivity contribution < 1.29 is 26.2 Å². The summed E-state index contributed by atoms with van der Waals surface area (Å²) in [7, 11) is -1.69. The minimum Gasteiger partial charge on any atom is -0.360 e. The Morgan fingerprint density at radius 2 is 1.65 bits per heavy atom. The first-order chi connectivity index (χ1) is 7.79. The number of hydrogen-bond donors (Lipinski definition) is 1. The van der Waals surface area contributed by atoms with Crippen LogP contribution in [0.2, 0.25) is 0 Å². The zero-order valence-electron chi connectivity index (χ0n) is 10.0. The third-order valence-electron chi connectivity index (χ3n) is 1.59. The van der Waals surface area contributed by atoms with Crippen LogP contribution < -0.4 is 0 Å². The summed E-state index contributed by atoms with van der Waals surface area (Å²) in [6, 6.07) is 0. The second-order valence-electron chi connectivity index (χ2n) is 2.84. The van der Waals surface area contributed by atoms with Crippen LogP contribution in [-0.4, -0.2) is 58.7 Å². The molecule has 0 saturated heterocycles. The van der Waals surface area contributed by atoms with E-state index in [2.05, 4.69) is 4.98 Å². The van der Waals surface area contributed by atoms with Gasteiger partial charge in [0.05, 0.1) is 12.6 Å². The second kappa shape index (κ2) is 6.83. The maximum atomic E-state index is 9.19. The summed E-state index contributed by atoms with van der Waals surface area (Å²) >= 11 is 0. The second-order valence-corrected chi connectivity index (χ2v) is 7.09. The molecule has 10 heteroatoms. The monoisotopic (exact) mass is 284 g/mol. The molecule has 1 heterocycles. The number of rotatable bonds is 4. The van der Waals surface area contributed by atoms with E-state index in [1.54, 1.807) is 44.3 Å². The Morgan fingerprint density at radius 3 is 1.88 bits per heavy atom. The van der Waals surface area contributed by atoms with E-state index in [1.807, 2.05) is 0 Å². The first-order valence-electron chi connectivity index (χ1n) is 4.35. The molecule has 1 aromatic heterocycles. The van der Waals surface area contributed by atoms with Crippen LogP contribution in [0.4, 0.5) is 0 Å². The zero-order chi connectivity index (χ0) is 13.5. The molecule has 0 aliphatic rings. The highest BCUT2D eigenvalue weighted by Crippen LogP contribution is 2.08. The van der Waals surface area contributed by atoms with Crippen molar-refractivity contribution in [1.29, 1.82) is 0 Å². The van der Waals surface area contributed by atoms with Gasteiger partial charge in [0, 0.05) is 33.7 Å². The van der Waals surface area contributed by atoms with Crippen molar-refractivity contribution >= 4 is 19.1 Å². The summed E-state index contributed by atoms with van der Waals surface area (Å²) in [5.74, 6) is 0. The van der Waals surface area contributed by atoms with Crippen LogP contribution in [0, 0.1) is 0 Å². The van der Waals surface area contributed by atoms with Crippen molar-refractivity contribution in [3.05, 3.63) is 18.7 Å². The van der Waals surface area contributed by atoms with Crippen LogP contribution in [0.25, 0.3) is 0 Å². The third-order valence-corrected chi connectivity index (χ3v) is 4.04. The lowest BCUT2D eigenvalue weighted by Gasteiger charge is -2.23. The molecule has 0 aliphatic carbocycles. The average Bonchev–Trinajstić information content (AvgIpc) is 2.73. The van der Waals surface area contributed by atoms with Gasteiger partial charge in [0.25, 0.3) is 10.1 Å². The highest BCUT2D eigenvalue weighted by atomic mass is 32.2. The van der Waals surface area contributed by atoms with Crippen molar-refractivity contribution in [1.82, 2.24) is 9.22 Å². The van der Waals surface area contributed by atoms with Crippen molar-refractivity contribution in [3.63, 3.8) is 0 Å². The molecule has 0 saturated carbocycles. The molecule has 0 fully saturated rings. The molecule has 0 aliphatic heterocycles. The van der Waals surface area contributed by atoms with Gasteiger partial charge in [-0.05, 0) is 0 Å². The largest absolute Gasteiger partial charge is 0.637 e. The van der Waals surface area contributed by atoms with Gasteiger partial charge < -0.3 is 13.3 Å². The highest BCUT2D eigenvalue weighted by Gasteiger charge is 2.41. The minimum atomic E-state index is -3.67. The lowest BCUT2D eigenvalue weighted by atomic mass is 11.0. The molecule has 0 amide bonds. The quantitative estimate of drug-likeness (QED) is 0.593. The summed E-state index contributed by atoms with van der Waals surface area (Å²) in [6.45, 7) is 0. The van der Waals surface area contributed by atoms with E-state index in [4.69, 9.17) is 17.8 Å². The van der Waals surface area contributed by atoms with Gasteiger partial charge in [-0.3, -0.25) is 8.79 Å². The van der Waals surface area contributed by atoms with Gasteiger partial charge in [0.1, 0.15) is 0 Å². The summed E-state index contributed by atoms with van der Waals surface area (Å²) in [5.41, 5.74) is 0.